The van der Waals surface area contributed by atoms with Crippen molar-refractivity contribution >= 4 is 11.5 Å². The van der Waals surface area contributed by atoms with Crippen molar-refractivity contribution in [2.45, 2.75) is 25.3 Å². The number of aromatic hydroxyl groups is 1. The molecular formula is C18H22N6O. The fraction of sp³-hybridized carbons (Fsp3) is 0.389. The third-order valence-electron chi connectivity index (χ3n) is 4.70. The lowest BCUT2D eigenvalue weighted by Gasteiger charge is -2.29. The molecule has 0 saturated carbocycles. The molecule has 0 radical (unpaired) electrons. The van der Waals surface area contributed by atoms with Gasteiger partial charge in [0.05, 0.1) is 0 Å². The molecule has 130 valence electrons. The van der Waals surface area contributed by atoms with Crippen molar-refractivity contribution in [1.29, 1.82) is 0 Å². The Balaban J connectivity index is 1.54. The average Bonchev–Trinajstić information content (AvgIpc) is 3.01. The highest BCUT2D eigenvalue weighted by atomic mass is 16.3. The number of piperidine rings is 1. The van der Waals surface area contributed by atoms with Gasteiger partial charge in [-0.3, -0.25) is 0 Å². The molecular weight excluding hydrogens is 316 g/mol. The van der Waals surface area contributed by atoms with Gasteiger partial charge in [0, 0.05) is 12.5 Å². The lowest BCUT2D eigenvalue weighted by molar-refractivity contribution is 0.263. The van der Waals surface area contributed by atoms with Crippen molar-refractivity contribution in [3.63, 3.8) is 0 Å². The number of phenols is 1. The van der Waals surface area contributed by atoms with Crippen molar-refractivity contribution < 1.29 is 5.11 Å². The molecule has 0 atom stereocenters. The van der Waals surface area contributed by atoms with Gasteiger partial charge in [0.25, 0.3) is 0 Å². The molecule has 2 aromatic heterocycles. The molecule has 1 aromatic carbocycles. The van der Waals surface area contributed by atoms with Crippen LogP contribution in [0, 0.1) is 0 Å². The maximum absolute atomic E-state index is 9.41. The number of benzene rings is 1. The molecule has 1 fully saturated rings. The summed E-state index contributed by atoms with van der Waals surface area (Å²) in [7, 11) is 2.16. The highest BCUT2D eigenvalue weighted by Gasteiger charge is 2.17. The lowest BCUT2D eigenvalue weighted by Crippen LogP contribution is -2.36. The van der Waals surface area contributed by atoms with Gasteiger partial charge in [-0.05, 0) is 62.8 Å². The minimum absolute atomic E-state index is 0.262. The summed E-state index contributed by atoms with van der Waals surface area (Å²) < 4.78 is 1.80. The Bertz CT molecular complexity index is 852. The smallest absolute Gasteiger partial charge is 0.178 e. The summed E-state index contributed by atoms with van der Waals surface area (Å²) in [6.45, 7) is 2.22. The minimum Gasteiger partial charge on any atom is -0.508 e. The maximum Gasteiger partial charge on any atom is 0.178 e. The van der Waals surface area contributed by atoms with E-state index in [1.165, 1.54) is 0 Å². The quantitative estimate of drug-likeness (QED) is 0.757. The van der Waals surface area contributed by atoms with Gasteiger partial charge in [0.15, 0.2) is 11.5 Å². The number of phenolic OH excluding ortho intramolecular Hbond substituents is 1. The van der Waals surface area contributed by atoms with Crippen LogP contribution in [0.4, 0.5) is 5.82 Å². The Labute approximate surface area is 146 Å². The number of rotatable bonds is 4. The predicted octanol–water partition coefficient (Wildman–Crippen LogP) is 1.93. The van der Waals surface area contributed by atoms with Crippen LogP contribution < -0.4 is 5.32 Å². The van der Waals surface area contributed by atoms with E-state index in [0.717, 1.165) is 48.8 Å². The van der Waals surface area contributed by atoms with Crippen LogP contribution in [0.5, 0.6) is 5.75 Å². The molecule has 3 heterocycles. The molecule has 1 saturated heterocycles. The summed E-state index contributed by atoms with van der Waals surface area (Å²) in [5.41, 5.74) is 1.80. The van der Waals surface area contributed by atoms with Crippen molar-refractivity contribution in [2.24, 2.45) is 0 Å². The summed E-state index contributed by atoms with van der Waals surface area (Å²) in [4.78, 5) is 2.35. The normalized spacial score (nSPS) is 16.4. The zero-order valence-corrected chi connectivity index (χ0v) is 14.3. The molecule has 4 rings (SSSR count). The van der Waals surface area contributed by atoms with Gasteiger partial charge < -0.3 is 15.3 Å². The van der Waals surface area contributed by atoms with Gasteiger partial charge in [0.2, 0.25) is 0 Å². The van der Waals surface area contributed by atoms with E-state index in [9.17, 15) is 5.11 Å². The number of nitrogens with one attached hydrogen (secondary N) is 1. The summed E-state index contributed by atoms with van der Waals surface area (Å²) in [5.74, 6) is 1.90. The van der Waals surface area contributed by atoms with Crippen LogP contribution in [0.1, 0.15) is 24.2 Å². The zero-order chi connectivity index (χ0) is 17.2. The number of aromatic nitrogens is 4. The third-order valence-corrected chi connectivity index (χ3v) is 4.70. The number of hydrogen-bond donors (Lipinski definition) is 2. The van der Waals surface area contributed by atoms with Crippen LogP contribution >= 0.6 is 0 Å². The van der Waals surface area contributed by atoms with Gasteiger partial charge in [-0.25, -0.2) is 0 Å². The Morgan fingerprint density at radius 3 is 2.60 bits per heavy atom. The Hall–Kier alpha value is -2.67. The molecule has 1 aliphatic heterocycles. The number of fused-ring (bicyclic) bond motifs is 1. The Morgan fingerprint density at radius 2 is 1.84 bits per heavy atom. The Kier molecular flexibility index (Phi) is 4.23. The van der Waals surface area contributed by atoms with Gasteiger partial charge >= 0.3 is 0 Å². The van der Waals surface area contributed by atoms with Crippen LogP contribution in [0.15, 0.2) is 36.4 Å². The van der Waals surface area contributed by atoms with Gasteiger partial charge in [-0.1, -0.05) is 12.1 Å². The second kappa shape index (κ2) is 6.68. The summed E-state index contributed by atoms with van der Waals surface area (Å²) >= 11 is 0. The SMILES string of the molecule is CN1CCC(Nc2ccc3nnc(Cc4ccc(O)cc4)n3n2)CC1. The van der Waals surface area contributed by atoms with E-state index in [1.54, 1.807) is 16.6 Å². The van der Waals surface area contributed by atoms with Crippen molar-refractivity contribution in [3.8, 4) is 5.75 Å². The van der Waals surface area contributed by atoms with Gasteiger partial charge in [0.1, 0.15) is 11.6 Å². The molecule has 0 amide bonds. The largest absolute Gasteiger partial charge is 0.508 e. The van der Waals surface area contributed by atoms with Crippen LogP contribution in [0.2, 0.25) is 0 Å². The van der Waals surface area contributed by atoms with E-state index >= 15 is 0 Å². The minimum atomic E-state index is 0.262. The van der Waals surface area contributed by atoms with Gasteiger partial charge in [-0.2, -0.15) is 4.52 Å². The molecule has 3 aromatic rings. The summed E-state index contributed by atoms with van der Waals surface area (Å²) in [5, 5.41) is 26.1. The molecule has 0 aliphatic carbocycles. The first-order valence-electron chi connectivity index (χ1n) is 8.62. The predicted molar refractivity (Wildman–Crippen MR) is 95.8 cm³/mol. The molecule has 2 N–H and O–H groups in total. The molecule has 0 spiro atoms. The zero-order valence-electron chi connectivity index (χ0n) is 14.3. The van der Waals surface area contributed by atoms with Crippen LogP contribution in [-0.4, -0.2) is 56.0 Å². The monoisotopic (exact) mass is 338 g/mol. The summed E-state index contributed by atoms with van der Waals surface area (Å²) in [6.07, 6.45) is 2.86. The van der Waals surface area contributed by atoms with E-state index in [-0.39, 0.29) is 5.75 Å². The Morgan fingerprint density at radius 1 is 1.08 bits per heavy atom. The number of nitrogens with zero attached hydrogens (tertiary/aromatic N) is 5. The fourth-order valence-electron chi connectivity index (χ4n) is 3.18. The lowest BCUT2D eigenvalue weighted by atomic mass is 10.1. The van der Waals surface area contributed by atoms with Crippen LogP contribution in [-0.2, 0) is 6.42 Å². The number of likely N-dealkylation sites (tertiary alicyclic amines) is 1. The van der Waals surface area contributed by atoms with Crippen LogP contribution in [0.3, 0.4) is 0 Å². The number of anilines is 1. The second-order valence-electron chi connectivity index (χ2n) is 6.67. The first kappa shape index (κ1) is 15.8. The van der Waals surface area contributed by atoms with E-state index in [0.29, 0.717) is 12.5 Å². The maximum atomic E-state index is 9.41. The average molecular weight is 338 g/mol. The molecule has 7 heteroatoms. The van der Waals surface area contributed by atoms with E-state index in [1.807, 2.05) is 24.3 Å². The molecule has 7 nitrogen and oxygen atoms in total. The van der Waals surface area contributed by atoms with Crippen molar-refractivity contribution in [1.82, 2.24) is 24.7 Å². The van der Waals surface area contributed by atoms with E-state index < -0.39 is 0 Å². The van der Waals surface area contributed by atoms with Crippen molar-refractivity contribution in [3.05, 3.63) is 47.8 Å². The molecule has 25 heavy (non-hydrogen) atoms. The van der Waals surface area contributed by atoms with E-state index in [4.69, 9.17) is 0 Å². The van der Waals surface area contributed by atoms with Crippen molar-refractivity contribution in [2.75, 3.05) is 25.5 Å². The highest BCUT2D eigenvalue weighted by Crippen LogP contribution is 2.17. The standard InChI is InChI=1S/C18H22N6O/c1-23-10-8-14(9-11-23)19-16-6-7-17-20-21-18(24(17)22-16)12-13-2-4-15(25)5-3-13/h2-7,14,25H,8-12H2,1H3,(H,19,22). The van der Waals surface area contributed by atoms with Gasteiger partial charge in [-0.15, -0.1) is 15.3 Å². The molecule has 1 aliphatic rings. The summed E-state index contributed by atoms with van der Waals surface area (Å²) in [6, 6.07) is 11.5. The molecule has 0 unspecified atom stereocenters. The first-order chi connectivity index (χ1) is 12.2. The van der Waals surface area contributed by atoms with E-state index in [2.05, 4.69) is 32.6 Å². The first-order valence-corrected chi connectivity index (χ1v) is 8.62. The third kappa shape index (κ3) is 3.56. The topological polar surface area (TPSA) is 78.6 Å². The second-order valence-corrected chi connectivity index (χ2v) is 6.67. The number of hydrogen-bond acceptors (Lipinski definition) is 6. The highest BCUT2D eigenvalue weighted by molar-refractivity contribution is 5.45. The van der Waals surface area contributed by atoms with Crippen LogP contribution in [0.25, 0.3) is 5.65 Å². The fourth-order valence-corrected chi connectivity index (χ4v) is 3.18. The molecule has 0 bridgehead atoms.